The van der Waals surface area contributed by atoms with Crippen LogP contribution in [0.5, 0.6) is 0 Å². The van der Waals surface area contributed by atoms with Gasteiger partial charge in [0, 0.05) is 24.2 Å². The number of amides is 2. The summed E-state index contributed by atoms with van der Waals surface area (Å²) < 4.78 is 0. The highest BCUT2D eigenvalue weighted by molar-refractivity contribution is 5.95. The van der Waals surface area contributed by atoms with E-state index in [1.165, 1.54) is 6.92 Å². The lowest BCUT2D eigenvalue weighted by molar-refractivity contribution is -0.145. The summed E-state index contributed by atoms with van der Waals surface area (Å²) in [5.41, 5.74) is 1.11. The molecule has 0 aromatic heterocycles. The van der Waals surface area contributed by atoms with E-state index in [-0.39, 0.29) is 23.8 Å². The summed E-state index contributed by atoms with van der Waals surface area (Å²) in [4.78, 5) is 33.4. The van der Waals surface area contributed by atoms with Crippen molar-refractivity contribution in [2.24, 2.45) is 5.92 Å². The Hall–Kier alpha value is -2.37. The second-order valence-corrected chi connectivity index (χ2v) is 4.94. The average molecular weight is 276 g/mol. The predicted octanol–water partition coefficient (Wildman–Crippen LogP) is 1.24. The zero-order valence-corrected chi connectivity index (χ0v) is 11.1. The van der Waals surface area contributed by atoms with Crippen molar-refractivity contribution in [3.8, 4) is 0 Å². The Morgan fingerprint density at radius 3 is 2.25 bits per heavy atom. The number of carbonyl (C=O) groups is 3. The molecule has 0 bridgehead atoms. The maximum Gasteiger partial charge on any atom is 0.306 e. The maximum atomic E-state index is 11.9. The molecule has 0 aliphatic heterocycles. The molecule has 1 fully saturated rings. The van der Waals surface area contributed by atoms with Crippen LogP contribution in [0.4, 0.5) is 5.69 Å². The molecule has 0 heterocycles. The first-order valence-electron chi connectivity index (χ1n) is 6.37. The summed E-state index contributed by atoms with van der Waals surface area (Å²) in [7, 11) is 0. The number of benzene rings is 1. The third-order valence-corrected chi connectivity index (χ3v) is 3.29. The van der Waals surface area contributed by atoms with Crippen molar-refractivity contribution >= 4 is 23.5 Å². The highest BCUT2D eigenvalue weighted by atomic mass is 16.4. The van der Waals surface area contributed by atoms with E-state index in [0.29, 0.717) is 24.1 Å². The molecule has 6 heteroatoms. The molecule has 0 atom stereocenters. The third-order valence-electron chi connectivity index (χ3n) is 3.29. The number of aliphatic carboxylic acids is 1. The third kappa shape index (κ3) is 3.34. The molecule has 1 aliphatic rings. The van der Waals surface area contributed by atoms with E-state index < -0.39 is 5.97 Å². The fourth-order valence-electron chi connectivity index (χ4n) is 2.11. The number of rotatable bonds is 4. The molecule has 0 radical (unpaired) electrons. The lowest BCUT2D eigenvalue weighted by Crippen LogP contribution is -2.46. The molecule has 1 aromatic rings. The molecule has 106 valence electrons. The van der Waals surface area contributed by atoms with Gasteiger partial charge in [0.15, 0.2) is 0 Å². The van der Waals surface area contributed by atoms with E-state index in [9.17, 15) is 14.4 Å². The van der Waals surface area contributed by atoms with Gasteiger partial charge in [0.05, 0.1) is 5.92 Å². The van der Waals surface area contributed by atoms with Crippen LogP contribution in [0.2, 0.25) is 0 Å². The first-order chi connectivity index (χ1) is 9.45. The molecule has 0 saturated heterocycles. The Morgan fingerprint density at radius 1 is 1.15 bits per heavy atom. The van der Waals surface area contributed by atoms with Crippen LogP contribution < -0.4 is 10.6 Å². The van der Waals surface area contributed by atoms with Crippen LogP contribution >= 0.6 is 0 Å². The maximum absolute atomic E-state index is 11.9. The van der Waals surface area contributed by atoms with Crippen LogP contribution in [0.25, 0.3) is 0 Å². The zero-order valence-electron chi connectivity index (χ0n) is 11.1. The van der Waals surface area contributed by atoms with Gasteiger partial charge in [-0.05, 0) is 37.1 Å². The van der Waals surface area contributed by atoms with Crippen LogP contribution in [0, 0.1) is 5.92 Å². The van der Waals surface area contributed by atoms with E-state index in [2.05, 4.69) is 10.6 Å². The highest BCUT2D eigenvalue weighted by Gasteiger charge is 2.35. The van der Waals surface area contributed by atoms with Crippen molar-refractivity contribution in [3.63, 3.8) is 0 Å². The molecule has 2 amide bonds. The minimum atomic E-state index is -0.810. The monoisotopic (exact) mass is 276 g/mol. The summed E-state index contributed by atoms with van der Waals surface area (Å²) in [6.07, 6.45) is 0.954. The Labute approximate surface area is 116 Å². The van der Waals surface area contributed by atoms with Gasteiger partial charge in [-0.1, -0.05) is 0 Å². The van der Waals surface area contributed by atoms with Crippen LogP contribution in [0.15, 0.2) is 24.3 Å². The van der Waals surface area contributed by atoms with E-state index in [0.717, 1.165) is 0 Å². The Kier molecular flexibility index (Phi) is 4.02. The summed E-state index contributed by atoms with van der Waals surface area (Å²) in [6.45, 7) is 1.41. The minimum absolute atomic E-state index is 0.0707. The van der Waals surface area contributed by atoms with Gasteiger partial charge in [0.25, 0.3) is 5.91 Å². The first-order valence-corrected chi connectivity index (χ1v) is 6.37. The number of hydrogen-bond donors (Lipinski definition) is 3. The summed E-state index contributed by atoms with van der Waals surface area (Å²) in [5, 5.41) is 14.2. The van der Waals surface area contributed by atoms with Gasteiger partial charge < -0.3 is 15.7 Å². The molecule has 6 nitrogen and oxygen atoms in total. The second kappa shape index (κ2) is 5.73. The van der Waals surface area contributed by atoms with Gasteiger partial charge in [-0.2, -0.15) is 0 Å². The second-order valence-electron chi connectivity index (χ2n) is 4.94. The Morgan fingerprint density at radius 2 is 1.75 bits per heavy atom. The van der Waals surface area contributed by atoms with Crippen LogP contribution in [0.1, 0.15) is 30.1 Å². The quantitative estimate of drug-likeness (QED) is 0.771. The van der Waals surface area contributed by atoms with E-state index in [1.807, 2.05) is 0 Å². The van der Waals surface area contributed by atoms with Gasteiger partial charge in [-0.15, -0.1) is 0 Å². The largest absolute Gasteiger partial charge is 0.481 e. The number of anilines is 1. The fourth-order valence-corrected chi connectivity index (χ4v) is 2.11. The lowest BCUT2D eigenvalue weighted by atomic mass is 9.80. The molecule has 1 aromatic carbocycles. The Bertz CT molecular complexity index is 533. The number of hydrogen-bond acceptors (Lipinski definition) is 3. The highest BCUT2D eigenvalue weighted by Crippen LogP contribution is 2.27. The van der Waals surface area contributed by atoms with Gasteiger partial charge >= 0.3 is 5.97 Å². The molecule has 0 spiro atoms. The molecule has 1 saturated carbocycles. The molecule has 3 N–H and O–H groups in total. The molecule has 2 rings (SSSR count). The van der Waals surface area contributed by atoms with Crippen LogP contribution in [-0.2, 0) is 9.59 Å². The SMILES string of the molecule is CC(=O)Nc1ccc(C(=O)NC2CC(C(=O)O)C2)cc1. The molecular formula is C14H16N2O4. The van der Waals surface area contributed by atoms with Crippen LogP contribution in [-0.4, -0.2) is 28.9 Å². The molecule has 20 heavy (non-hydrogen) atoms. The lowest BCUT2D eigenvalue weighted by Gasteiger charge is -2.32. The normalized spacial score (nSPS) is 20.6. The molecular weight excluding hydrogens is 260 g/mol. The van der Waals surface area contributed by atoms with Crippen molar-refractivity contribution < 1.29 is 19.5 Å². The zero-order chi connectivity index (χ0) is 14.7. The molecule has 1 aliphatic carbocycles. The molecule has 0 unspecified atom stereocenters. The summed E-state index contributed by atoms with van der Waals surface area (Å²) >= 11 is 0. The first kappa shape index (κ1) is 14.0. The van der Waals surface area contributed by atoms with E-state index in [4.69, 9.17) is 5.11 Å². The predicted molar refractivity (Wildman–Crippen MR) is 72.4 cm³/mol. The standard InChI is InChI=1S/C14H16N2O4/c1-8(17)15-11-4-2-9(3-5-11)13(18)16-12-6-10(7-12)14(19)20/h2-5,10,12H,6-7H2,1H3,(H,15,17)(H,16,18)(H,19,20). The van der Waals surface area contributed by atoms with Gasteiger partial charge in [-0.3, -0.25) is 14.4 Å². The number of carboxylic acids is 1. The Balaban J connectivity index is 1.87. The van der Waals surface area contributed by atoms with Crippen molar-refractivity contribution in [1.29, 1.82) is 0 Å². The minimum Gasteiger partial charge on any atom is -0.481 e. The van der Waals surface area contributed by atoms with Crippen LogP contribution in [0.3, 0.4) is 0 Å². The van der Waals surface area contributed by atoms with Gasteiger partial charge in [0.1, 0.15) is 0 Å². The van der Waals surface area contributed by atoms with E-state index >= 15 is 0 Å². The summed E-state index contributed by atoms with van der Waals surface area (Å²) in [5.74, 6) is -1.55. The smallest absolute Gasteiger partial charge is 0.306 e. The number of carbonyl (C=O) groups excluding carboxylic acids is 2. The van der Waals surface area contributed by atoms with Crippen molar-refractivity contribution in [3.05, 3.63) is 29.8 Å². The topological polar surface area (TPSA) is 95.5 Å². The van der Waals surface area contributed by atoms with Gasteiger partial charge in [0.2, 0.25) is 5.91 Å². The fraction of sp³-hybridized carbons (Fsp3) is 0.357. The van der Waals surface area contributed by atoms with Crippen molar-refractivity contribution in [2.45, 2.75) is 25.8 Å². The average Bonchev–Trinajstić information content (AvgIpc) is 2.32. The van der Waals surface area contributed by atoms with Gasteiger partial charge in [-0.25, -0.2) is 0 Å². The number of carboxylic acid groups (broad SMARTS) is 1. The summed E-state index contributed by atoms with van der Waals surface area (Å²) in [6, 6.07) is 6.47. The van der Waals surface area contributed by atoms with Crippen molar-refractivity contribution in [1.82, 2.24) is 5.32 Å². The van der Waals surface area contributed by atoms with Crippen molar-refractivity contribution in [2.75, 3.05) is 5.32 Å². The van der Waals surface area contributed by atoms with E-state index in [1.54, 1.807) is 24.3 Å². The number of nitrogens with one attached hydrogen (secondary N) is 2.